The van der Waals surface area contributed by atoms with Crippen LogP contribution in [0.15, 0.2) is 43.0 Å². The first-order valence-electron chi connectivity index (χ1n) is 24.5. The highest BCUT2D eigenvalue weighted by Crippen LogP contribution is 2.50. The summed E-state index contributed by atoms with van der Waals surface area (Å²) >= 11 is 0. The molecule has 72 heavy (non-hydrogen) atoms. The maximum atomic E-state index is 13.1. The molecule has 2 aromatic heterocycles. The lowest BCUT2D eigenvalue weighted by atomic mass is 9.84. The predicted octanol–water partition coefficient (Wildman–Crippen LogP) is 6.04. The average molecular weight is 1030 g/mol. The summed E-state index contributed by atoms with van der Waals surface area (Å²) in [6.07, 6.45) is -0.0967. The molecule has 2 N–H and O–H groups in total. The number of anilines is 1. The molecule has 0 saturated carbocycles. The van der Waals surface area contributed by atoms with Crippen molar-refractivity contribution in [1.29, 1.82) is 0 Å². The van der Waals surface area contributed by atoms with Gasteiger partial charge in [-0.3, -0.25) is 23.7 Å². The Labute approximate surface area is 422 Å². The number of amides is 1. The molecule has 1 amide bonds. The summed E-state index contributed by atoms with van der Waals surface area (Å²) in [6, 6.07) is 8.70. The molecule has 2 saturated heterocycles. The van der Waals surface area contributed by atoms with Gasteiger partial charge in [0.05, 0.1) is 26.1 Å². The van der Waals surface area contributed by atoms with Crippen molar-refractivity contribution in [2.24, 2.45) is 11.8 Å². The van der Waals surface area contributed by atoms with Crippen molar-refractivity contribution in [3.8, 4) is 0 Å². The molecule has 398 valence electrons. The molecule has 0 bridgehead atoms. The summed E-state index contributed by atoms with van der Waals surface area (Å²) in [5.41, 5.74) is 1.06. The summed E-state index contributed by atoms with van der Waals surface area (Å²) in [4.78, 5) is 65.7. The molecular weight excluding hydrogens is 958 g/mol. The van der Waals surface area contributed by atoms with Gasteiger partial charge >= 0.3 is 11.9 Å². The van der Waals surface area contributed by atoms with Crippen LogP contribution in [0.2, 0.25) is 0 Å². The Kier molecular flexibility index (Phi) is 24.2. The Hall–Kier alpha value is -4.63. The molecule has 23 heteroatoms. The largest absolute Gasteiger partial charge is 0.463 e. The van der Waals surface area contributed by atoms with Crippen LogP contribution >= 0.6 is 8.53 Å². The second kappa shape index (κ2) is 29.9. The topological polar surface area (TPSA) is 244 Å². The number of hydrogen-bond donors (Lipinski definition) is 2. The van der Waals surface area contributed by atoms with Crippen molar-refractivity contribution in [3.63, 3.8) is 0 Å². The Bertz CT molecular complexity index is 2190. The van der Waals surface area contributed by atoms with E-state index < -0.39 is 70.1 Å². The van der Waals surface area contributed by atoms with Gasteiger partial charge in [0.2, 0.25) is 6.54 Å². The number of ether oxygens (including phenoxy) is 8. The third-order valence-electron chi connectivity index (χ3n) is 12.0. The van der Waals surface area contributed by atoms with Crippen molar-refractivity contribution in [1.82, 2.24) is 24.2 Å². The molecule has 2 aliphatic rings. The van der Waals surface area contributed by atoms with E-state index in [2.05, 4.69) is 29.8 Å². The van der Waals surface area contributed by atoms with Crippen LogP contribution in [0.1, 0.15) is 104 Å². The summed E-state index contributed by atoms with van der Waals surface area (Å²) in [5.74, 6) is -1.18. The minimum Gasteiger partial charge on any atom is -0.463 e. The molecule has 7 unspecified atom stereocenters. The van der Waals surface area contributed by atoms with Gasteiger partial charge in [-0.15, -0.1) is 0 Å². The SMILES string of the molecule is [C-]#[N+]CCOP(OC1[C@@H](CO)O[C@@H](n2cnc3c(NC(=O)c4ccccc4)ncnc32)[C@H]1OCOCCOCCCC(=O)CCCCOC1OC(COC(C)=O)C(OC(C)=O)C(C)C1C)N(C(C)C)C(C)C. The molecule has 0 spiro atoms. The predicted molar refractivity (Wildman–Crippen MR) is 262 cm³/mol. The molecule has 2 fully saturated rings. The van der Waals surface area contributed by atoms with Crippen molar-refractivity contribution in [2.45, 2.75) is 143 Å². The fourth-order valence-corrected chi connectivity index (χ4v) is 10.1. The van der Waals surface area contributed by atoms with Gasteiger partial charge in [0.1, 0.15) is 62.6 Å². The van der Waals surface area contributed by atoms with E-state index in [1.165, 1.54) is 26.5 Å². The number of rotatable bonds is 31. The third kappa shape index (κ3) is 17.0. The maximum Gasteiger partial charge on any atom is 0.303 e. The molecule has 1 aromatic carbocycles. The van der Waals surface area contributed by atoms with E-state index in [0.29, 0.717) is 62.0 Å². The number of unbranched alkanes of at least 4 members (excludes halogenated alkanes) is 1. The number of aromatic nitrogens is 4. The van der Waals surface area contributed by atoms with E-state index in [-0.39, 0.29) is 81.2 Å². The zero-order valence-electron chi connectivity index (χ0n) is 42.6. The molecule has 2 aliphatic heterocycles. The number of hydrogen-bond acceptors (Lipinski definition) is 19. The van der Waals surface area contributed by atoms with E-state index in [0.717, 1.165) is 0 Å². The summed E-state index contributed by atoms with van der Waals surface area (Å²) < 4.78 is 64.0. The quantitative estimate of drug-likeness (QED) is 0.0245. The van der Waals surface area contributed by atoms with Crippen LogP contribution in [0.25, 0.3) is 16.0 Å². The normalized spacial score (nSPS) is 23.6. The highest BCUT2D eigenvalue weighted by atomic mass is 31.2. The van der Waals surface area contributed by atoms with Gasteiger partial charge in [-0.2, -0.15) is 0 Å². The number of carbonyl (C=O) groups is 4. The zero-order chi connectivity index (χ0) is 52.2. The van der Waals surface area contributed by atoms with Crippen molar-refractivity contribution >= 4 is 49.1 Å². The minimum atomic E-state index is -1.78. The van der Waals surface area contributed by atoms with Gasteiger partial charge < -0.3 is 62.2 Å². The van der Waals surface area contributed by atoms with Crippen molar-refractivity contribution in [3.05, 3.63) is 60.0 Å². The number of carbonyl (C=O) groups excluding carboxylic acids is 4. The van der Waals surface area contributed by atoms with E-state index in [4.69, 9.17) is 53.5 Å². The van der Waals surface area contributed by atoms with Crippen molar-refractivity contribution in [2.75, 3.05) is 64.9 Å². The van der Waals surface area contributed by atoms with Gasteiger partial charge in [-0.1, -0.05) is 32.0 Å². The van der Waals surface area contributed by atoms with Gasteiger partial charge in [-0.05, 0) is 59.1 Å². The summed E-state index contributed by atoms with van der Waals surface area (Å²) in [6.45, 7) is 22.6. The van der Waals surface area contributed by atoms with Crippen LogP contribution in [0.3, 0.4) is 0 Å². The van der Waals surface area contributed by atoms with Gasteiger partial charge in [0, 0.05) is 69.4 Å². The fraction of sp³-hybridized carbons (Fsp3) is 0.673. The smallest absolute Gasteiger partial charge is 0.303 e. The lowest BCUT2D eigenvalue weighted by molar-refractivity contribution is -0.273. The molecule has 22 nitrogen and oxygen atoms in total. The number of Topliss-reactive ketones (excluding diaryl/α,β-unsaturated/α-hetero) is 1. The maximum absolute atomic E-state index is 13.1. The van der Waals surface area contributed by atoms with Gasteiger partial charge in [0.25, 0.3) is 14.4 Å². The highest BCUT2D eigenvalue weighted by Gasteiger charge is 2.50. The highest BCUT2D eigenvalue weighted by molar-refractivity contribution is 7.44. The number of benzene rings is 1. The third-order valence-corrected chi connectivity index (χ3v) is 14.2. The fourth-order valence-electron chi connectivity index (χ4n) is 8.36. The van der Waals surface area contributed by atoms with Crippen LogP contribution in [0, 0.1) is 18.4 Å². The van der Waals surface area contributed by atoms with Crippen LogP contribution < -0.4 is 5.32 Å². The molecule has 0 aliphatic carbocycles. The number of aliphatic hydroxyl groups is 1. The second-order valence-electron chi connectivity index (χ2n) is 18.1. The standard InChI is InChI=1S/C49H72N7O15P/c1-31(2)56(32(3)4)72(67-23-20-50-9)71-43-39(26-57)69-48(55-29-53-41-45(51-28-52-46(41)55)54-47(61)37-16-11-10-12-17-37)44(43)66-30-63-25-24-62-21-15-19-38(60)18-13-14-22-64-49-34(6)33(5)42(68-36(8)59)40(70-49)27-65-35(7)58/h10-12,16-17,28-29,31-34,39-40,42-44,48-49,57H,13-15,18-27,30H2,1-8H3,(H,51,52,54,61)/t33?,34?,39-,40?,42?,43?,44+,48-,49?,72?/m1/s1. The number of nitrogens with one attached hydrogen (secondary N) is 1. The first kappa shape index (κ1) is 58.3. The lowest BCUT2D eigenvalue weighted by Gasteiger charge is -2.43. The van der Waals surface area contributed by atoms with Gasteiger partial charge in [-0.25, -0.2) is 26.2 Å². The molecule has 10 atom stereocenters. The van der Waals surface area contributed by atoms with Crippen molar-refractivity contribution < 1.29 is 71.2 Å². The number of nitrogens with zero attached hydrogens (tertiary/aromatic N) is 6. The number of imidazole rings is 1. The van der Waals surface area contributed by atoms with Crippen LogP contribution in [-0.2, 0) is 61.3 Å². The molecular formula is C49H72N7O15P. The Balaban J connectivity index is 1.11. The number of fused-ring (bicyclic) bond motifs is 1. The van der Waals surface area contributed by atoms with E-state index in [9.17, 15) is 24.3 Å². The van der Waals surface area contributed by atoms with E-state index in [1.807, 2.05) is 47.6 Å². The molecule has 5 rings (SSSR count). The Morgan fingerprint density at radius 3 is 2.28 bits per heavy atom. The molecule has 3 aromatic rings. The zero-order valence-corrected chi connectivity index (χ0v) is 43.5. The Morgan fingerprint density at radius 2 is 1.58 bits per heavy atom. The minimum absolute atomic E-state index is 0.000658. The summed E-state index contributed by atoms with van der Waals surface area (Å²) in [7, 11) is -1.78. The summed E-state index contributed by atoms with van der Waals surface area (Å²) in [5, 5.41) is 13.5. The molecule has 4 heterocycles. The Morgan fingerprint density at radius 1 is 0.847 bits per heavy atom. The van der Waals surface area contributed by atoms with E-state index in [1.54, 1.807) is 28.8 Å². The van der Waals surface area contributed by atoms with Crippen LogP contribution in [-0.4, -0.2) is 161 Å². The first-order valence-corrected chi connectivity index (χ1v) is 25.7. The average Bonchev–Trinajstić information content (AvgIpc) is 3.93. The lowest BCUT2D eigenvalue weighted by Crippen LogP contribution is -2.53. The molecule has 0 radical (unpaired) electrons. The first-order chi connectivity index (χ1) is 34.6. The van der Waals surface area contributed by atoms with Crippen LogP contribution in [0.4, 0.5) is 5.82 Å². The number of aliphatic hydroxyl groups excluding tert-OH is 1. The monoisotopic (exact) mass is 1030 g/mol. The number of esters is 2. The van der Waals surface area contributed by atoms with Gasteiger partial charge in [0.15, 0.2) is 29.5 Å². The van der Waals surface area contributed by atoms with Crippen LogP contribution in [0.5, 0.6) is 0 Å². The number of ketones is 1. The van der Waals surface area contributed by atoms with E-state index >= 15 is 0 Å². The second-order valence-corrected chi connectivity index (χ2v) is 19.5.